The topological polar surface area (TPSA) is 54.5 Å². The fraction of sp³-hybridized carbons (Fsp3) is 0.455. The van der Waals surface area contributed by atoms with Gasteiger partial charge >= 0.3 is 0 Å². The molecular formula is C22H23N3O2. The summed E-state index contributed by atoms with van der Waals surface area (Å²) in [6.07, 6.45) is 5.31. The minimum atomic E-state index is 0.0610. The Morgan fingerprint density at radius 1 is 1.07 bits per heavy atom. The average Bonchev–Trinajstić information content (AvgIpc) is 3.04. The SMILES string of the molecule is O=C1Cc2cc(-c3ccc(OC4[C@H]5CC6C[C@H]4CN(C6)C5)cn3)ccc2N1. The maximum absolute atomic E-state index is 11.5. The van der Waals surface area contributed by atoms with Crippen molar-refractivity contribution in [3.63, 3.8) is 0 Å². The van der Waals surface area contributed by atoms with Gasteiger partial charge in [-0.15, -0.1) is 0 Å². The number of carbonyl (C=O) groups is 1. The number of benzene rings is 1. The van der Waals surface area contributed by atoms with Gasteiger partial charge in [-0.2, -0.15) is 0 Å². The Balaban J connectivity index is 1.20. The van der Waals surface area contributed by atoms with E-state index in [4.69, 9.17) is 4.74 Å². The number of ether oxygens (including phenoxy) is 1. The molecule has 1 aromatic heterocycles. The molecule has 1 aliphatic carbocycles. The molecule has 27 heavy (non-hydrogen) atoms. The van der Waals surface area contributed by atoms with Gasteiger partial charge in [0.1, 0.15) is 11.9 Å². The summed E-state index contributed by atoms with van der Waals surface area (Å²) in [5, 5.41) is 2.87. The van der Waals surface area contributed by atoms with Gasteiger partial charge in [-0.1, -0.05) is 6.07 Å². The van der Waals surface area contributed by atoms with E-state index in [1.807, 2.05) is 30.5 Å². The molecule has 4 aliphatic heterocycles. The van der Waals surface area contributed by atoms with Gasteiger partial charge in [-0.05, 0) is 48.6 Å². The molecule has 2 aromatic rings. The van der Waals surface area contributed by atoms with E-state index in [2.05, 4.69) is 21.3 Å². The molecule has 3 saturated heterocycles. The Morgan fingerprint density at radius 3 is 2.67 bits per heavy atom. The maximum Gasteiger partial charge on any atom is 0.228 e. The van der Waals surface area contributed by atoms with Crippen LogP contribution in [0.2, 0.25) is 0 Å². The summed E-state index contributed by atoms with van der Waals surface area (Å²) >= 11 is 0. The van der Waals surface area contributed by atoms with Crippen molar-refractivity contribution in [2.24, 2.45) is 17.8 Å². The van der Waals surface area contributed by atoms with Crippen molar-refractivity contribution in [2.45, 2.75) is 25.4 Å². The molecule has 7 rings (SSSR count). The van der Waals surface area contributed by atoms with E-state index in [-0.39, 0.29) is 5.91 Å². The second kappa shape index (κ2) is 5.80. The molecule has 5 heteroatoms. The van der Waals surface area contributed by atoms with E-state index in [1.54, 1.807) is 0 Å². The van der Waals surface area contributed by atoms with Crippen LogP contribution in [0.15, 0.2) is 36.5 Å². The monoisotopic (exact) mass is 361 g/mol. The minimum absolute atomic E-state index is 0.0610. The zero-order chi connectivity index (χ0) is 18.0. The molecule has 5 aliphatic rings. The molecule has 5 nitrogen and oxygen atoms in total. The van der Waals surface area contributed by atoms with Crippen LogP contribution in [0, 0.1) is 17.8 Å². The number of piperidine rings is 3. The molecule has 1 saturated carbocycles. The number of anilines is 1. The number of pyridine rings is 1. The summed E-state index contributed by atoms with van der Waals surface area (Å²) in [4.78, 5) is 18.8. The molecule has 1 aromatic carbocycles. The summed E-state index contributed by atoms with van der Waals surface area (Å²) in [7, 11) is 0. The molecule has 1 amide bonds. The van der Waals surface area contributed by atoms with Gasteiger partial charge < -0.3 is 15.0 Å². The fourth-order valence-corrected chi connectivity index (χ4v) is 5.72. The highest BCUT2D eigenvalue weighted by Crippen LogP contribution is 2.45. The molecule has 0 spiro atoms. The van der Waals surface area contributed by atoms with Gasteiger partial charge in [0.05, 0.1) is 18.3 Å². The van der Waals surface area contributed by atoms with E-state index in [0.29, 0.717) is 24.4 Å². The van der Waals surface area contributed by atoms with E-state index < -0.39 is 0 Å². The Hall–Kier alpha value is -2.40. The lowest BCUT2D eigenvalue weighted by atomic mass is 9.66. The molecule has 5 heterocycles. The van der Waals surface area contributed by atoms with Crippen LogP contribution >= 0.6 is 0 Å². The first-order valence-corrected chi connectivity index (χ1v) is 9.99. The third-order valence-corrected chi connectivity index (χ3v) is 6.74. The lowest BCUT2D eigenvalue weighted by Crippen LogP contribution is -2.61. The Morgan fingerprint density at radius 2 is 1.93 bits per heavy atom. The molecule has 0 unspecified atom stereocenters. The van der Waals surface area contributed by atoms with Crippen LogP contribution in [0.3, 0.4) is 0 Å². The largest absolute Gasteiger partial charge is 0.488 e. The molecular weight excluding hydrogens is 338 g/mol. The number of rotatable bonds is 3. The predicted octanol–water partition coefficient (Wildman–Crippen LogP) is 2.96. The summed E-state index contributed by atoms with van der Waals surface area (Å²) in [6.45, 7) is 3.70. The number of hydrogen-bond donors (Lipinski definition) is 1. The van der Waals surface area contributed by atoms with Crippen molar-refractivity contribution < 1.29 is 9.53 Å². The number of nitrogens with one attached hydrogen (secondary N) is 1. The van der Waals surface area contributed by atoms with Crippen LogP contribution in [0.4, 0.5) is 5.69 Å². The van der Waals surface area contributed by atoms with Gasteiger partial charge in [0.15, 0.2) is 0 Å². The van der Waals surface area contributed by atoms with Gasteiger partial charge in [0.2, 0.25) is 5.91 Å². The number of nitrogens with zero attached hydrogens (tertiary/aromatic N) is 2. The highest BCUT2D eigenvalue weighted by Gasteiger charge is 2.48. The quantitative estimate of drug-likeness (QED) is 0.913. The molecule has 4 bridgehead atoms. The van der Waals surface area contributed by atoms with Crippen LogP contribution < -0.4 is 10.1 Å². The third-order valence-electron chi connectivity index (χ3n) is 6.74. The Labute approximate surface area is 158 Å². The van der Waals surface area contributed by atoms with Crippen LogP contribution in [0.5, 0.6) is 5.75 Å². The highest BCUT2D eigenvalue weighted by molar-refractivity contribution is 5.99. The summed E-state index contributed by atoms with van der Waals surface area (Å²) < 4.78 is 6.43. The second-order valence-corrected chi connectivity index (χ2v) is 8.63. The van der Waals surface area contributed by atoms with Crippen molar-refractivity contribution in [3.05, 3.63) is 42.1 Å². The Bertz CT molecular complexity index is 880. The zero-order valence-corrected chi connectivity index (χ0v) is 15.2. The lowest BCUT2D eigenvalue weighted by Gasteiger charge is -2.55. The van der Waals surface area contributed by atoms with E-state index in [9.17, 15) is 4.79 Å². The van der Waals surface area contributed by atoms with Crippen LogP contribution in [0.25, 0.3) is 11.3 Å². The highest BCUT2D eigenvalue weighted by atomic mass is 16.5. The Kier molecular flexibility index (Phi) is 3.36. The van der Waals surface area contributed by atoms with Crippen molar-refractivity contribution in [1.29, 1.82) is 0 Å². The fourth-order valence-electron chi connectivity index (χ4n) is 5.72. The molecule has 1 N–H and O–H groups in total. The summed E-state index contributed by atoms with van der Waals surface area (Å²) in [6, 6.07) is 10.1. The zero-order valence-electron chi connectivity index (χ0n) is 15.2. The summed E-state index contributed by atoms with van der Waals surface area (Å²) in [5.41, 5.74) is 3.92. The van der Waals surface area contributed by atoms with Gasteiger partial charge in [0.25, 0.3) is 0 Å². The number of fused-ring (bicyclic) bond motifs is 1. The van der Waals surface area contributed by atoms with Crippen molar-refractivity contribution in [2.75, 3.05) is 25.0 Å². The first-order chi connectivity index (χ1) is 13.2. The number of amides is 1. The van der Waals surface area contributed by atoms with Crippen molar-refractivity contribution >= 4 is 11.6 Å². The van der Waals surface area contributed by atoms with E-state index in [0.717, 1.165) is 34.2 Å². The number of hydrogen-bond acceptors (Lipinski definition) is 4. The number of carbonyl (C=O) groups excluding carboxylic acids is 1. The predicted molar refractivity (Wildman–Crippen MR) is 103 cm³/mol. The van der Waals surface area contributed by atoms with Gasteiger partial charge in [-0.25, -0.2) is 0 Å². The smallest absolute Gasteiger partial charge is 0.228 e. The van der Waals surface area contributed by atoms with Crippen LogP contribution in [-0.2, 0) is 11.2 Å². The molecule has 4 fully saturated rings. The number of aromatic nitrogens is 1. The maximum atomic E-state index is 11.5. The first kappa shape index (κ1) is 15.6. The van der Waals surface area contributed by atoms with Crippen molar-refractivity contribution in [3.8, 4) is 17.0 Å². The van der Waals surface area contributed by atoms with Crippen LogP contribution in [0.1, 0.15) is 18.4 Å². The third kappa shape index (κ3) is 2.64. The van der Waals surface area contributed by atoms with Crippen molar-refractivity contribution in [1.82, 2.24) is 9.88 Å². The van der Waals surface area contributed by atoms with Gasteiger partial charge in [-0.3, -0.25) is 9.78 Å². The average molecular weight is 361 g/mol. The second-order valence-electron chi connectivity index (χ2n) is 8.63. The van der Waals surface area contributed by atoms with E-state index >= 15 is 0 Å². The normalized spacial score (nSPS) is 33.0. The minimum Gasteiger partial charge on any atom is -0.488 e. The summed E-state index contributed by atoms with van der Waals surface area (Å²) in [5.74, 6) is 3.19. The van der Waals surface area contributed by atoms with Gasteiger partial charge in [0, 0.05) is 42.7 Å². The molecule has 0 radical (unpaired) electrons. The standard InChI is InChI=1S/C22H23N3O2/c26-21-8-15-7-14(1-3-20(15)24-21)19-4-2-18(9-23-19)27-22-16-5-13-6-17(22)12-25(10-13)11-16/h1-4,7,9,13,16-17,22H,5-6,8,10-12H2,(H,24,26)/t13?,16-,17-,22?/m0/s1. The lowest BCUT2D eigenvalue weighted by molar-refractivity contribution is -0.115. The molecule has 2 atom stereocenters. The van der Waals surface area contributed by atoms with E-state index in [1.165, 1.54) is 32.5 Å². The first-order valence-electron chi connectivity index (χ1n) is 9.99. The molecule has 138 valence electrons. The van der Waals surface area contributed by atoms with Crippen LogP contribution in [-0.4, -0.2) is 41.5 Å².